The third-order valence-corrected chi connectivity index (χ3v) is 3.94. The Bertz CT molecular complexity index is 440. The van der Waals surface area contributed by atoms with E-state index in [9.17, 15) is 4.79 Å². The van der Waals surface area contributed by atoms with E-state index >= 15 is 0 Å². The molecule has 1 heterocycles. The van der Waals surface area contributed by atoms with Gasteiger partial charge in [0.25, 0.3) is 0 Å². The number of fused-ring (bicyclic) bond motifs is 1. The molecule has 1 aromatic rings. The molecule has 0 spiro atoms. The third kappa shape index (κ3) is 1.02. The fourth-order valence-electron chi connectivity index (χ4n) is 2.34. The zero-order chi connectivity index (χ0) is 10.0. The van der Waals surface area contributed by atoms with Crippen LogP contribution in [0.4, 0.5) is 5.82 Å². The second kappa shape index (κ2) is 2.26. The van der Waals surface area contributed by atoms with Crippen molar-refractivity contribution >= 4 is 11.7 Å². The number of carbonyl (C=O) groups is 1. The van der Waals surface area contributed by atoms with Crippen molar-refractivity contribution in [1.82, 2.24) is 9.78 Å². The van der Waals surface area contributed by atoms with Crippen LogP contribution in [-0.2, 0) is 4.79 Å². The number of nitrogens with zero attached hydrogens (tertiary/aromatic N) is 2. The first-order valence-electron chi connectivity index (χ1n) is 5.64. The first-order chi connectivity index (χ1) is 7.29. The zero-order valence-electron chi connectivity index (χ0n) is 8.44. The minimum atomic E-state index is 0.0542. The Morgan fingerprint density at radius 2 is 2.27 bits per heavy atom. The summed E-state index contributed by atoms with van der Waals surface area (Å²) in [6.45, 7) is 0. The lowest BCUT2D eigenvalue weighted by molar-refractivity contribution is -0.119. The van der Waals surface area contributed by atoms with Crippen molar-refractivity contribution in [1.29, 1.82) is 0 Å². The second-order valence-electron chi connectivity index (χ2n) is 5.11. The van der Waals surface area contributed by atoms with Crippen LogP contribution in [0, 0.1) is 11.3 Å². The van der Waals surface area contributed by atoms with Crippen LogP contribution in [0.1, 0.15) is 31.7 Å². The predicted molar refractivity (Wildman–Crippen MR) is 54.3 cm³/mol. The highest BCUT2D eigenvalue weighted by Gasteiger charge is 2.74. The number of amides is 1. The summed E-state index contributed by atoms with van der Waals surface area (Å²) >= 11 is 0. The van der Waals surface area contributed by atoms with Crippen molar-refractivity contribution in [3.05, 3.63) is 12.3 Å². The Hall–Kier alpha value is -1.32. The number of anilines is 1. The first kappa shape index (κ1) is 7.91. The van der Waals surface area contributed by atoms with Gasteiger partial charge in [-0.1, -0.05) is 0 Å². The lowest BCUT2D eigenvalue weighted by Gasteiger charge is -2.08. The highest BCUT2D eigenvalue weighted by atomic mass is 16.2. The average Bonchev–Trinajstić information content (AvgIpc) is 3.05. The Morgan fingerprint density at radius 1 is 1.53 bits per heavy atom. The van der Waals surface area contributed by atoms with Crippen LogP contribution in [0.3, 0.4) is 0 Å². The SMILES string of the molecule is O=C(Nc1ccnn1C1CC1)C12CC1C2. The number of carbonyl (C=O) groups excluding carboxylic acids is 1. The average molecular weight is 203 g/mol. The molecule has 1 amide bonds. The Morgan fingerprint density at radius 3 is 2.87 bits per heavy atom. The van der Waals surface area contributed by atoms with Crippen molar-refractivity contribution in [3.8, 4) is 0 Å². The fourth-order valence-corrected chi connectivity index (χ4v) is 2.34. The highest BCUT2D eigenvalue weighted by molar-refractivity contribution is 5.99. The summed E-state index contributed by atoms with van der Waals surface area (Å²) < 4.78 is 1.95. The molecule has 3 fully saturated rings. The van der Waals surface area contributed by atoms with Gasteiger partial charge in [-0.2, -0.15) is 5.10 Å². The summed E-state index contributed by atoms with van der Waals surface area (Å²) in [6.07, 6.45) is 6.37. The summed E-state index contributed by atoms with van der Waals surface area (Å²) in [5.41, 5.74) is 0.0542. The lowest BCUT2D eigenvalue weighted by Crippen LogP contribution is -2.20. The van der Waals surface area contributed by atoms with E-state index < -0.39 is 0 Å². The first-order valence-corrected chi connectivity index (χ1v) is 5.64. The largest absolute Gasteiger partial charge is 0.310 e. The summed E-state index contributed by atoms with van der Waals surface area (Å²) in [7, 11) is 0. The Labute approximate surface area is 87.7 Å². The molecule has 0 radical (unpaired) electrons. The number of hydrogen-bond acceptors (Lipinski definition) is 2. The van der Waals surface area contributed by atoms with Crippen LogP contribution in [0.15, 0.2) is 12.3 Å². The van der Waals surface area contributed by atoms with Crippen molar-refractivity contribution in [3.63, 3.8) is 0 Å². The van der Waals surface area contributed by atoms with Crippen molar-refractivity contribution in [2.75, 3.05) is 5.32 Å². The van der Waals surface area contributed by atoms with E-state index in [2.05, 4.69) is 10.4 Å². The molecular formula is C11H13N3O. The summed E-state index contributed by atoms with van der Waals surface area (Å²) in [5, 5.41) is 7.27. The third-order valence-electron chi connectivity index (χ3n) is 3.94. The topological polar surface area (TPSA) is 46.9 Å². The standard InChI is InChI=1S/C11H13N3O/c15-10(11-5-7(11)6-11)13-9-3-4-12-14(9)8-1-2-8/h3-4,7-8H,1-2,5-6H2,(H,13,15). The van der Waals surface area contributed by atoms with Crippen molar-refractivity contribution in [2.45, 2.75) is 31.7 Å². The normalized spacial score (nSPS) is 35.9. The fraction of sp³-hybridized carbons (Fsp3) is 0.636. The molecule has 3 saturated carbocycles. The molecule has 3 aliphatic carbocycles. The Balaban J connectivity index is 1.55. The van der Waals surface area contributed by atoms with Crippen LogP contribution >= 0.6 is 0 Å². The quantitative estimate of drug-likeness (QED) is 0.810. The molecule has 0 bridgehead atoms. The Kier molecular flexibility index (Phi) is 1.19. The second-order valence-corrected chi connectivity index (χ2v) is 5.11. The molecule has 0 atom stereocenters. The van der Waals surface area contributed by atoms with E-state index in [1.165, 1.54) is 12.8 Å². The molecular weight excluding hydrogens is 190 g/mol. The van der Waals surface area contributed by atoms with E-state index in [0.717, 1.165) is 18.7 Å². The van der Waals surface area contributed by atoms with Gasteiger partial charge in [-0.25, -0.2) is 4.68 Å². The van der Waals surface area contributed by atoms with Gasteiger partial charge in [-0.05, 0) is 31.6 Å². The van der Waals surface area contributed by atoms with Gasteiger partial charge in [0.15, 0.2) is 0 Å². The highest BCUT2D eigenvalue weighted by Crippen LogP contribution is 2.75. The van der Waals surface area contributed by atoms with Gasteiger partial charge in [-0.15, -0.1) is 0 Å². The molecule has 0 unspecified atom stereocenters. The van der Waals surface area contributed by atoms with Gasteiger partial charge in [0.05, 0.1) is 17.7 Å². The minimum Gasteiger partial charge on any atom is -0.310 e. The number of nitrogens with one attached hydrogen (secondary N) is 1. The van der Waals surface area contributed by atoms with Gasteiger partial charge < -0.3 is 5.32 Å². The summed E-state index contributed by atoms with van der Waals surface area (Å²) in [5.74, 6) is 1.80. The lowest BCUT2D eigenvalue weighted by atomic mass is 10.2. The van der Waals surface area contributed by atoms with Gasteiger partial charge in [-0.3, -0.25) is 4.79 Å². The molecule has 0 aromatic carbocycles. The van der Waals surface area contributed by atoms with E-state index in [4.69, 9.17) is 0 Å². The van der Waals surface area contributed by atoms with Crippen molar-refractivity contribution < 1.29 is 4.79 Å². The van der Waals surface area contributed by atoms with Gasteiger partial charge in [0.1, 0.15) is 5.82 Å². The van der Waals surface area contributed by atoms with Crippen LogP contribution in [0.5, 0.6) is 0 Å². The van der Waals surface area contributed by atoms with Gasteiger partial charge in [0.2, 0.25) is 5.91 Å². The molecule has 0 aliphatic heterocycles. The monoisotopic (exact) mass is 203 g/mol. The number of hydrogen-bond donors (Lipinski definition) is 1. The maximum Gasteiger partial charge on any atom is 0.232 e. The number of rotatable bonds is 3. The molecule has 1 N–H and O–H groups in total. The van der Waals surface area contributed by atoms with Crippen LogP contribution in [0.25, 0.3) is 0 Å². The van der Waals surface area contributed by atoms with E-state index in [-0.39, 0.29) is 11.3 Å². The molecule has 4 rings (SSSR count). The minimum absolute atomic E-state index is 0.0542. The predicted octanol–water partition coefficient (Wildman–Crippen LogP) is 1.57. The van der Waals surface area contributed by atoms with Crippen LogP contribution in [-0.4, -0.2) is 15.7 Å². The van der Waals surface area contributed by atoms with Gasteiger partial charge in [0, 0.05) is 6.07 Å². The van der Waals surface area contributed by atoms with Gasteiger partial charge >= 0.3 is 0 Å². The maximum atomic E-state index is 11.9. The molecule has 3 aliphatic rings. The van der Waals surface area contributed by atoms with E-state index in [0.29, 0.717) is 12.0 Å². The van der Waals surface area contributed by atoms with E-state index in [1.807, 2.05) is 10.7 Å². The van der Waals surface area contributed by atoms with E-state index in [1.54, 1.807) is 6.20 Å². The number of aromatic nitrogens is 2. The van der Waals surface area contributed by atoms with Crippen LogP contribution < -0.4 is 5.32 Å². The van der Waals surface area contributed by atoms with Crippen molar-refractivity contribution in [2.24, 2.45) is 11.3 Å². The zero-order valence-corrected chi connectivity index (χ0v) is 8.44. The molecule has 0 saturated heterocycles. The molecule has 4 heteroatoms. The maximum absolute atomic E-state index is 11.9. The molecule has 15 heavy (non-hydrogen) atoms. The molecule has 78 valence electrons. The molecule has 1 aromatic heterocycles. The summed E-state index contributed by atoms with van der Waals surface area (Å²) in [6, 6.07) is 2.43. The smallest absolute Gasteiger partial charge is 0.232 e. The van der Waals surface area contributed by atoms with Crippen LogP contribution in [0.2, 0.25) is 0 Å². The summed E-state index contributed by atoms with van der Waals surface area (Å²) in [4.78, 5) is 11.9. The molecule has 4 nitrogen and oxygen atoms in total.